The van der Waals surface area contributed by atoms with Crippen LogP contribution in [0, 0.1) is 12.3 Å². The van der Waals surface area contributed by atoms with Gasteiger partial charge in [0.2, 0.25) is 0 Å². The fraction of sp³-hybridized carbons (Fsp3) is 0.125. The summed E-state index contributed by atoms with van der Waals surface area (Å²) in [6, 6.07) is 20.6. The van der Waals surface area contributed by atoms with Gasteiger partial charge in [-0.25, -0.2) is 0 Å². The Kier molecular flexibility index (Phi) is 3.83. The molecule has 0 radical (unpaired) electrons. The first-order chi connectivity index (χ1) is 8.40. The van der Waals surface area contributed by atoms with Crippen LogP contribution in [-0.4, -0.2) is 0 Å². The van der Waals surface area contributed by atoms with Crippen molar-refractivity contribution in [2.45, 2.75) is 12.5 Å². The van der Waals surface area contributed by atoms with Crippen LogP contribution in [0.1, 0.15) is 18.0 Å². The predicted molar refractivity (Wildman–Crippen MR) is 72.7 cm³/mol. The van der Waals surface area contributed by atoms with Gasteiger partial charge in [-0.3, -0.25) is 0 Å². The molecule has 0 fully saturated rings. The van der Waals surface area contributed by atoms with Crippen LogP contribution < -0.4 is 5.32 Å². The molecule has 17 heavy (non-hydrogen) atoms. The second-order valence-corrected chi connectivity index (χ2v) is 3.88. The minimum absolute atomic E-state index is 0.170. The zero-order chi connectivity index (χ0) is 11.9. The van der Waals surface area contributed by atoms with Gasteiger partial charge in [-0.05, 0) is 17.7 Å². The lowest BCUT2D eigenvalue weighted by molar-refractivity contribution is 0.814. The van der Waals surface area contributed by atoms with Crippen molar-refractivity contribution in [2.75, 3.05) is 5.32 Å². The van der Waals surface area contributed by atoms with Crippen LogP contribution in [0.4, 0.5) is 5.69 Å². The van der Waals surface area contributed by atoms with Crippen molar-refractivity contribution in [2.24, 2.45) is 0 Å². The standard InChI is InChI=1S/C16H15N/c1-2-9-16(14-10-5-3-6-11-14)17-15-12-7-4-8-13-15/h1,3-8,10-13,16-17H,9H2. The van der Waals surface area contributed by atoms with Gasteiger partial charge in [-0.15, -0.1) is 12.3 Å². The topological polar surface area (TPSA) is 12.0 Å². The Morgan fingerprint density at radius 1 is 0.941 bits per heavy atom. The molecule has 0 aromatic heterocycles. The first-order valence-electron chi connectivity index (χ1n) is 5.70. The van der Waals surface area contributed by atoms with E-state index in [9.17, 15) is 0 Å². The lowest BCUT2D eigenvalue weighted by Gasteiger charge is -2.18. The Balaban J connectivity index is 2.17. The predicted octanol–water partition coefficient (Wildman–Crippen LogP) is 3.86. The van der Waals surface area contributed by atoms with Crippen molar-refractivity contribution in [3.63, 3.8) is 0 Å². The van der Waals surface area contributed by atoms with Crippen LogP contribution in [0.2, 0.25) is 0 Å². The maximum atomic E-state index is 5.43. The molecule has 0 spiro atoms. The van der Waals surface area contributed by atoms with E-state index in [2.05, 4.69) is 23.4 Å². The van der Waals surface area contributed by atoms with Gasteiger partial charge in [0.1, 0.15) is 0 Å². The Morgan fingerprint density at radius 2 is 1.53 bits per heavy atom. The summed E-state index contributed by atoms with van der Waals surface area (Å²) in [5, 5.41) is 3.45. The minimum atomic E-state index is 0.170. The highest BCUT2D eigenvalue weighted by Gasteiger charge is 2.08. The summed E-state index contributed by atoms with van der Waals surface area (Å²) >= 11 is 0. The largest absolute Gasteiger partial charge is 0.377 e. The molecule has 84 valence electrons. The monoisotopic (exact) mass is 221 g/mol. The Bertz CT molecular complexity index is 482. The maximum Gasteiger partial charge on any atom is 0.0623 e. The van der Waals surface area contributed by atoms with Gasteiger partial charge < -0.3 is 5.32 Å². The van der Waals surface area contributed by atoms with E-state index in [4.69, 9.17) is 6.42 Å². The number of hydrogen-bond acceptors (Lipinski definition) is 1. The molecule has 0 amide bonds. The maximum absolute atomic E-state index is 5.43. The third-order valence-corrected chi connectivity index (χ3v) is 2.64. The lowest BCUT2D eigenvalue weighted by Crippen LogP contribution is -2.09. The minimum Gasteiger partial charge on any atom is -0.377 e. The van der Waals surface area contributed by atoms with Gasteiger partial charge in [0.25, 0.3) is 0 Å². The van der Waals surface area contributed by atoms with Crippen LogP contribution in [0.5, 0.6) is 0 Å². The number of terminal acetylenes is 1. The summed E-state index contributed by atoms with van der Waals surface area (Å²) in [6.07, 6.45) is 6.11. The third kappa shape index (κ3) is 3.12. The van der Waals surface area contributed by atoms with E-state index >= 15 is 0 Å². The third-order valence-electron chi connectivity index (χ3n) is 2.64. The van der Waals surface area contributed by atoms with E-state index in [1.54, 1.807) is 0 Å². The molecule has 0 aliphatic heterocycles. The first-order valence-corrected chi connectivity index (χ1v) is 5.70. The number of benzene rings is 2. The molecule has 0 heterocycles. The van der Waals surface area contributed by atoms with Gasteiger partial charge in [0.15, 0.2) is 0 Å². The molecule has 2 rings (SSSR count). The summed E-state index contributed by atoms with van der Waals surface area (Å²) in [7, 11) is 0. The number of hydrogen-bond donors (Lipinski definition) is 1. The molecule has 2 aromatic carbocycles. The highest BCUT2D eigenvalue weighted by molar-refractivity contribution is 5.45. The summed E-state index contributed by atoms with van der Waals surface area (Å²) in [6.45, 7) is 0. The van der Waals surface area contributed by atoms with Crippen LogP contribution in [0.25, 0.3) is 0 Å². The molecule has 0 aliphatic rings. The molecule has 1 nitrogen and oxygen atoms in total. The van der Waals surface area contributed by atoms with Crippen LogP contribution >= 0.6 is 0 Å². The smallest absolute Gasteiger partial charge is 0.0623 e. The van der Waals surface area contributed by atoms with Crippen LogP contribution in [0.3, 0.4) is 0 Å². The number of para-hydroxylation sites is 1. The fourth-order valence-corrected chi connectivity index (χ4v) is 1.79. The molecule has 1 unspecified atom stereocenters. The summed E-state index contributed by atoms with van der Waals surface area (Å²) in [5.74, 6) is 2.72. The second kappa shape index (κ2) is 5.77. The van der Waals surface area contributed by atoms with Crippen molar-refractivity contribution < 1.29 is 0 Å². The summed E-state index contributed by atoms with van der Waals surface area (Å²) < 4.78 is 0. The second-order valence-electron chi connectivity index (χ2n) is 3.88. The molecule has 2 aromatic rings. The SMILES string of the molecule is C#CCC(Nc1ccccc1)c1ccccc1. The fourth-order valence-electron chi connectivity index (χ4n) is 1.79. The average Bonchev–Trinajstić information content (AvgIpc) is 2.40. The van der Waals surface area contributed by atoms with Gasteiger partial charge in [-0.2, -0.15) is 0 Å². The molecule has 1 N–H and O–H groups in total. The number of rotatable bonds is 4. The molecule has 0 aliphatic carbocycles. The lowest BCUT2D eigenvalue weighted by atomic mass is 10.0. The molecule has 1 atom stereocenters. The molecule has 0 saturated carbocycles. The van der Waals surface area contributed by atoms with Crippen LogP contribution in [0.15, 0.2) is 60.7 Å². The Hall–Kier alpha value is -2.20. The molecule has 1 heteroatoms. The average molecular weight is 221 g/mol. The molecule has 0 bridgehead atoms. The van der Waals surface area contributed by atoms with Crippen LogP contribution in [-0.2, 0) is 0 Å². The number of anilines is 1. The quantitative estimate of drug-likeness (QED) is 0.773. The van der Waals surface area contributed by atoms with E-state index < -0.39 is 0 Å². The molecular formula is C16H15N. The summed E-state index contributed by atoms with van der Waals surface area (Å²) in [4.78, 5) is 0. The van der Waals surface area contributed by atoms with E-state index in [1.165, 1.54) is 5.56 Å². The molecular weight excluding hydrogens is 206 g/mol. The van der Waals surface area contributed by atoms with E-state index in [1.807, 2.05) is 48.5 Å². The summed E-state index contributed by atoms with van der Waals surface area (Å²) in [5.41, 5.74) is 2.31. The van der Waals surface area contributed by atoms with Gasteiger partial charge in [-0.1, -0.05) is 48.5 Å². The molecule has 0 saturated heterocycles. The van der Waals surface area contributed by atoms with Gasteiger partial charge in [0, 0.05) is 12.1 Å². The van der Waals surface area contributed by atoms with E-state index in [-0.39, 0.29) is 6.04 Å². The van der Waals surface area contributed by atoms with Gasteiger partial charge in [0.05, 0.1) is 6.04 Å². The number of nitrogens with one attached hydrogen (secondary N) is 1. The highest BCUT2D eigenvalue weighted by Crippen LogP contribution is 2.21. The Morgan fingerprint density at radius 3 is 2.12 bits per heavy atom. The zero-order valence-electron chi connectivity index (χ0n) is 9.64. The van der Waals surface area contributed by atoms with Crippen molar-refractivity contribution in [3.8, 4) is 12.3 Å². The normalized spacial score (nSPS) is 11.5. The van der Waals surface area contributed by atoms with Crippen molar-refractivity contribution in [1.29, 1.82) is 0 Å². The van der Waals surface area contributed by atoms with Crippen molar-refractivity contribution in [1.82, 2.24) is 0 Å². The van der Waals surface area contributed by atoms with Crippen molar-refractivity contribution in [3.05, 3.63) is 66.2 Å². The highest BCUT2D eigenvalue weighted by atomic mass is 14.9. The van der Waals surface area contributed by atoms with E-state index in [0.29, 0.717) is 6.42 Å². The first kappa shape index (κ1) is 11.3. The zero-order valence-corrected chi connectivity index (χ0v) is 9.64. The van der Waals surface area contributed by atoms with Crippen molar-refractivity contribution >= 4 is 5.69 Å². The van der Waals surface area contributed by atoms with E-state index in [0.717, 1.165) is 5.69 Å². The Labute approximate surface area is 102 Å². The van der Waals surface area contributed by atoms with Gasteiger partial charge >= 0.3 is 0 Å².